The molecule has 2 aromatic rings. The first-order valence-corrected chi connectivity index (χ1v) is 5.80. The van der Waals surface area contributed by atoms with E-state index in [1.165, 1.54) is 0 Å². The van der Waals surface area contributed by atoms with E-state index in [1.54, 1.807) is 12.1 Å². The third-order valence-electron chi connectivity index (χ3n) is 2.38. The minimum Gasteiger partial charge on any atom is -0.439 e. The largest absolute Gasteiger partial charge is 0.439 e. The first-order valence-electron chi connectivity index (χ1n) is 5.04. The molecule has 16 heavy (non-hydrogen) atoms. The lowest BCUT2D eigenvalue weighted by Gasteiger charge is -2.02. The molecule has 0 aliphatic carbocycles. The Hall–Kier alpha value is -0.770. The van der Waals surface area contributed by atoms with Crippen molar-refractivity contribution in [3.05, 3.63) is 28.1 Å². The fourth-order valence-electron chi connectivity index (χ4n) is 1.47. The van der Waals surface area contributed by atoms with Crippen molar-refractivity contribution in [3.63, 3.8) is 0 Å². The normalized spacial score (nSPS) is 13.2. The predicted octanol–water partition coefficient (Wildman–Crippen LogP) is 3.27. The molecular weight excluding hydrogens is 247 g/mol. The third-order valence-corrected chi connectivity index (χ3v) is 2.88. The lowest BCUT2D eigenvalue weighted by molar-refractivity contribution is 0.468. The summed E-state index contributed by atoms with van der Waals surface area (Å²) in [6, 6.07) is 3.38. The first kappa shape index (κ1) is 11.7. The van der Waals surface area contributed by atoms with Crippen LogP contribution in [0.5, 0.6) is 0 Å². The van der Waals surface area contributed by atoms with Gasteiger partial charge in [0.05, 0.1) is 5.02 Å². The molecule has 0 bridgehead atoms. The monoisotopic (exact) mass is 258 g/mol. The summed E-state index contributed by atoms with van der Waals surface area (Å²) in [6.07, 6.45) is 0.707. The summed E-state index contributed by atoms with van der Waals surface area (Å²) in [4.78, 5) is 4.33. The number of nitrogens with two attached hydrogens (primary N) is 1. The Morgan fingerprint density at radius 3 is 2.88 bits per heavy atom. The Bertz CT molecular complexity index is 510. The number of nitrogens with zero attached hydrogens (tertiary/aromatic N) is 1. The van der Waals surface area contributed by atoms with Crippen molar-refractivity contribution >= 4 is 34.3 Å². The van der Waals surface area contributed by atoms with Gasteiger partial charge in [-0.2, -0.15) is 0 Å². The number of fused-ring (bicyclic) bond motifs is 1. The van der Waals surface area contributed by atoms with Crippen LogP contribution in [0.4, 0.5) is 0 Å². The summed E-state index contributed by atoms with van der Waals surface area (Å²) < 4.78 is 5.57. The summed E-state index contributed by atoms with van der Waals surface area (Å²) in [7, 11) is 0. The zero-order chi connectivity index (χ0) is 11.7. The molecular formula is C11H12Cl2N2O. The summed E-state index contributed by atoms with van der Waals surface area (Å²) in [6.45, 7) is 2.65. The van der Waals surface area contributed by atoms with Gasteiger partial charge in [-0.05, 0) is 24.6 Å². The smallest absolute Gasteiger partial charge is 0.195 e. The van der Waals surface area contributed by atoms with Crippen molar-refractivity contribution in [1.29, 1.82) is 0 Å². The molecule has 0 saturated heterocycles. The Balaban J connectivity index is 2.40. The maximum absolute atomic E-state index is 6.00. The lowest BCUT2D eigenvalue weighted by atomic mass is 10.1. The zero-order valence-corrected chi connectivity index (χ0v) is 10.3. The highest BCUT2D eigenvalue weighted by molar-refractivity contribution is 6.37. The number of rotatable bonds is 3. The van der Waals surface area contributed by atoms with Gasteiger partial charge in [-0.1, -0.05) is 30.1 Å². The zero-order valence-electron chi connectivity index (χ0n) is 8.84. The van der Waals surface area contributed by atoms with Gasteiger partial charge in [-0.3, -0.25) is 0 Å². The number of hydrogen-bond acceptors (Lipinski definition) is 3. The van der Waals surface area contributed by atoms with Gasteiger partial charge in [-0.15, -0.1) is 0 Å². The van der Waals surface area contributed by atoms with Gasteiger partial charge in [-0.25, -0.2) is 4.98 Å². The van der Waals surface area contributed by atoms with Crippen molar-refractivity contribution in [2.75, 3.05) is 6.54 Å². The SMILES string of the molecule is CC(CN)Cc1nc2cc(Cl)cc(Cl)c2o1. The van der Waals surface area contributed by atoms with Crippen molar-refractivity contribution in [2.24, 2.45) is 11.7 Å². The molecule has 1 atom stereocenters. The van der Waals surface area contributed by atoms with Crippen LogP contribution in [0.25, 0.3) is 11.1 Å². The molecule has 0 amide bonds. The maximum atomic E-state index is 6.00. The highest BCUT2D eigenvalue weighted by Gasteiger charge is 2.12. The van der Waals surface area contributed by atoms with Crippen LogP contribution in [0.2, 0.25) is 10.0 Å². The Morgan fingerprint density at radius 1 is 1.44 bits per heavy atom. The van der Waals surface area contributed by atoms with Gasteiger partial charge in [0.15, 0.2) is 11.5 Å². The van der Waals surface area contributed by atoms with E-state index < -0.39 is 0 Å². The number of benzene rings is 1. The van der Waals surface area contributed by atoms with Gasteiger partial charge in [0.25, 0.3) is 0 Å². The lowest BCUT2D eigenvalue weighted by Crippen LogP contribution is -2.13. The van der Waals surface area contributed by atoms with Crippen molar-refractivity contribution < 1.29 is 4.42 Å². The first-order chi connectivity index (χ1) is 7.60. The van der Waals surface area contributed by atoms with E-state index >= 15 is 0 Å². The highest BCUT2D eigenvalue weighted by atomic mass is 35.5. The second-order valence-electron chi connectivity index (χ2n) is 3.89. The van der Waals surface area contributed by atoms with E-state index in [0.29, 0.717) is 45.9 Å². The molecule has 0 saturated carbocycles. The molecule has 2 N–H and O–H groups in total. The summed E-state index contributed by atoms with van der Waals surface area (Å²) in [5, 5.41) is 1.05. The molecule has 0 aliphatic rings. The molecule has 1 aromatic heterocycles. The van der Waals surface area contributed by atoms with Crippen LogP contribution >= 0.6 is 23.2 Å². The molecule has 1 heterocycles. The second kappa shape index (κ2) is 4.62. The van der Waals surface area contributed by atoms with Gasteiger partial charge in [0.1, 0.15) is 5.52 Å². The number of oxazole rings is 1. The van der Waals surface area contributed by atoms with Crippen LogP contribution in [0.1, 0.15) is 12.8 Å². The van der Waals surface area contributed by atoms with Crippen molar-refractivity contribution in [1.82, 2.24) is 4.98 Å². The fourth-order valence-corrected chi connectivity index (χ4v) is 2.00. The molecule has 0 spiro atoms. The summed E-state index contributed by atoms with van der Waals surface area (Å²) in [5.74, 6) is 0.986. The van der Waals surface area contributed by atoms with Crippen LogP contribution < -0.4 is 5.73 Å². The minimum atomic E-state index is 0.335. The van der Waals surface area contributed by atoms with Gasteiger partial charge >= 0.3 is 0 Å². The molecule has 1 unspecified atom stereocenters. The van der Waals surface area contributed by atoms with Crippen LogP contribution in [0.15, 0.2) is 16.5 Å². The van der Waals surface area contributed by atoms with E-state index in [2.05, 4.69) is 4.98 Å². The van der Waals surface area contributed by atoms with Crippen LogP contribution in [0.3, 0.4) is 0 Å². The summed E-state index contributed by atoms with van der Waals surface area (Å²) in [5.41, 5.74) is 6.83. The van der Waals surface area contributed by atoms with E-state index in [4.69, 9.17) is 33.4 Å². The number of aromatic nitrogens is 1. The topological polar surface area (TPSA) is 52.0 Å². The molecule has 86 valence electrons. The molecule has 0 aliphatic heterocycles. The third kappa shape index (κ3) is 2.32. The van der Waals surface area contributed by atoms with Crippen LogP contribution in [-0.4, -0.2) is 11.5 Å². The van der Waals surface area contributed by atoms with Gasteiger partial charge in [0.2, 0.25) is 0 Å². The summed E-state index contributed by atoms with van der Waals surface area (Å²) >= 11 is 11.9. The molecule has 1 aromatic carbocycles. The molecule has 3 nitrogen and oxygen atoms in total. The molecule has 2 rings (SSSR count). The Labute approximate surface area is 104 Å². The number of halogens is 2. The average Bonchev–Trinajstić information content (AvgIpc) is 2.60. The molecule has 0 fully saturated rings. The van der Waals surface area contributed by atoms with E-state index in [1.807, 2.05) is 6.92 Å². The molecule has 0 radical (unpaired) electrons. The quantitative estimate of drug-likeness (QED) is 0.920. The van der Waals surface area contributed by atoms with Crippen molar-refractivity contribution in [3.8, 4) is 0 Å². The molecule has 5 heteroatoms. The standard InChI is InChI=1S/C11H12Cl2N2O/c1-6(5-14)2-10-15-9-4-7(12)3-8(13)11(9)16-10/h3-4,6H,2,5,14H2,1H3. The number of hydrogen-bond donors (Lipinski definition) is 1. The highest BCUT2D eigenvalue weighted by Crippen LogP contribution is 2.28. The van der Waals surface area contributed by atoms with Crippen molar-refractivity contribution in [2.45, 2.75) is 13.3 Å². The van der Waals surface area contributed by atoms with Gasteiger partial charge < -0.3 is 10.2 Å². The van der Waals surface area contributed by atoms with E-state index in [9.17, 15) is 0 Å². The van der Waals surface area contributed by atoms with Gasteiger partial charge in [0, 0.05) is 11.4 Å². The Kier molecular flexibility index (Phi) is 3.38. The average molecular weight is 259 g/mol. The Morgan fingerprint density at radius 2 is 2.19 bits per heavy atom. The van der Waals surface area contributed by atoms with E-state index in [0.717, 1.165) is 0 Å². The minimum absolute atomic E-state index is 0.335. The van der Waals surface area contributed by atoms with E-state index in [-0.39, 0.29) is 0 Å². The van der Waals surface area contributed by atoms with Crippen LogP contribution in [-0.2, 0) is 6.42 Å². The fraction of sp³-hybridized carbons (Fsp3) is 0.364. The predicted molar refractivity (Wildman–Crippen MR) is 66.0 cm³/mol. The maximum Gasteiger partial charge on any atom is 0.195 e. The van der Waals surface area contributed by atoms with Crippen LogP contribution in [0, 0.1) is 5.92 Å². The second-order valence-corrected chi connectivity index (χ2v) is 4.73.